The van der Waals surface area contributed by atoms with Crippen LogP contribution in [0.2, 0.25) is 0 Å². The number of methoxy groups -OCH3 is 3. The Morgan fingerprint density at radius 2 is 1.73 bits per heavy atom. The van der Waals surface area contributed by atoms with Crippen LogP contribution in [0, 0.1) is 17.3 Å². The van der Waals surface area contributed by atoms with E-state index in [0.29, 0.717) is 79.2 Å². The molecule has 1 spiro atoms. The van der Waals surface area contributed by atoms with E-state index < -0.39 is 75.7 Å². The maximum atomic E-state index is 15.4. The molecule has 3 aromatic rings. The summed E-state index contributed by atoms with van der Waals surface area (Å²) in [7, 11) is 5.86. The second kappa shape index (κ2) is 14.8. The number of alkyl halides is 2. The molecule has 2 saturated heterocycles. The van der Waals surface area contributed by atoms with Crippen molar-refractivity contribution in [2.45, 2.75) is 100 Å². The monoisotopic (exact) mass is 872 g/mol. The number of H-pyrrole nitrogens is 1. The van der Waals surface area contributed by atoms with Gasteiger partial charge >= 0.3 is 17.9 Å². The summed E-state index contributed by atoms with van der Waals surface area (Å²) in [6.07, 6.45) is 4.19. The van der Waals surface area contributed by atoms with Crippen molar-refractivity contribution in [3.63, 3.8) is 0 Å². The number of rotatable bonds is 8. The summed E-state index contributed by atoms with van der Waals surface area (Å²) < 4.78 is 54.7. The van der Waals surface area contributed by atoms with Crippen molar-refractivity contribution in [3.05, 3.63) is 70.4 Å². The number of ketones is 1. The van der Waals surface area contributed by atoms with Gasteiger partial charge in [0.15, 0.2) is 11.9 Å². The molecule has 5 aliphatic heterocycles. The summed E-state index contributed by atoms with van der Waals surface area (Å²) in [6, 6.07) is 7.83. The number of piperidine rings is 1. The number of aromatic amines is 1. The highest BCUT2D eigenvalue weighted by molar-refractivity contribution is 6.00. The molecule has 338 valence electrons. The number of ether oxygens (including phenoxy) is 4. The van der Waals surface area contributed by atoms with Crippen LogP contribution >= 0.6 is 0 Å². The Bertz CT molecular complexity index is 2450. The number of hydrogen-bond donors (Lipinski definition) is 2. The highest BCUT2D eigenvalue weighted by atomic mass is 19.3. The Balaban J connectivity index is 1.37. The van der Waals surface area contributed by atoms with Gasteiger partial charge in [-0.15, -0.1) is 0 Å². The van der Waals surface area contributed by atoms with Crippen molar-refractivity contribution in [2.75, 3.05) is 66.0 Å². The van der Waals surface area contributed by atoms with E-state index in [1.54, 1.807) is 13.1 Å². The first-order chi connectivity index (χ1) is 29.9. The summed E-state index contributed by atoms with van der Waals surface area (Å²) in [5.74, 6) is -6.34. The number of carbonyl (C=O) groups is 4. The zero-order chi connectivity index (χ0) is 45.2. The lowest BCUT2D eigenvalue weighted by Gasteiger charge is -2.63. The van der Waals surface area contributed by atoms with Crippen LogP contribution in [0.25, 0.3) is 10.9 Å². The van der Waals surface area contributed by atoms with E-state index in [-0.39, 0.29) is 25.2 Å². The molecule has 2 N–H and O–H groups in total. The van der Waals surface area contributed by atoms with Crippen LogP contribution in [-0.4, -0.2) is 134 Å². The van der Waals surface area contributed by atoms with Crippen molar-refractivity contribution < 1.29 is 52.0 Å². The number of esters is 3. The lowest BCUT2D eigenvalue weighted by atomic mass is 9.47. The van der Waals surface area contributed by atoms with Gasteiger partial charge in [0.25, 0.3) is 0 Å². The molecule has 1 saturated carbocycles. The molecule has 2 bridgehead atoms. The number of anilines is 1. The SMILES string of the molecule is CC[C@]12C=CCN3CC[C@@]4(c5cc([C@@]6(C(=O)OC)C[C@H]7C[C@@H](C(C)(F)F)CN(CCc8c6[nH]c6ccc(C(C)=O)cc86)C7)c(OC)cc5N(C)[C@H]4[C@@](O)(C(=O)OC)[C@@H]1OC(C)=O)[C@@H]32. The smallest absolute Gasteiger partial charge is 0.344 e. The molecule has 2 aromatic carbocycles. The fourth-order valence-electron chi connectivity index (χ4n) is 13.7. The third kappa shape index (κ3) is 5.86. The van der Waals surface area contributed by atoms with Gasteiger partial charge in [-0.1, -0.05) is 19.1 Å². The molecule has 13 nitrogen and oxygen atoms in total. The van der Waals surface area contributed by atoms with Crippen LogP contribution < -0.4 is 9.64 Å². The summed E-state index contributed by atoms with van der Waals surface area (Å²) in [5, 5.41) is 14.1. The van der Waals surface area contributed by atoms with Crippen LogP contribution in [0.5, 0.6) is 5.75 Å². The normalized spacial score (nSPS) is 34.4. The van der Waals surface area contributed by atoms with Crippen molar-refractivity contribution in [3.8, 4) is 5.75 Å². The number of halogens is 2. The molecule has 0 radical (unpaired) electrons. The molecule has 3 fully saturated rings. The Labute approximate surface area is 366 Å². The topological polar surface area (TPSA) is 151 Å². The van der Waals surface area contributed by atoms with Crippen LogP contribution in [0.15, 0.2) is 42.5 Å². The summed E-state index contributed by atoms with van der Waals surface area (Å²) in [4.78, 5) is 65.6. The van der Waals surface area contributed by atoms with Crippen LogP contribution in [-0.2, 0) is 45.8 Å². The zero-order valence-electron chi connectivity index (χ0n) is 37.3. The number of fused-ring (bicyclic) bond motifs is 6. The van der Waals surface area contributed by atoms with Crippen molar-refractivity contribution in [1.82, 2.24) is 14.8 Å². The fraction of sp³-hybridized carbons (Fsp3) is 0.583. The number of benzene rings is 2. The maximum absolute atomic E-state index is 15.4. The molecule has 6 aliphatic rings. The standard InChI is InChI=1S/C48H58F2N4O9/c1-9-45-14-10-16-54-18-15-46(39(45)54)33-21-34(37(60-6)22-36(33)52(5)40(46)48(59,43(58)62-8)41(45)63-27(3)56)47(42(57)61-7)23-28-19-30(44(4,49)50)25-53(24-28)17-13-31-32-20-29(26(2)55)11-12-35(32)51-38(31)47/h10-12,14,20-22,28,30,39-41,51,59H,9,13,15-19,23-25H2,1-8H3/t28-,30-,39+,40-,41-,45-,46-,47+,48+/m1/s1. The minimum absolute atomic E-state index is 0.0847. The second-order valence-corrected chi connectivity index (χ2v) is 19.1. The minimum atomic E-state index is -2.98. The molecular weight excluding hydrogens is 815 g/mol. The number of likely N-dealkylation sites (N-methyl/N-ethyl adjacent to an activating group) is 1. The first kappa shape index (κ1) is 43.4. The third-order valence-corrected chi connectivity index (χ3v) is 16.1. The van der Waals surface area contributed by atoms with Gasteiger partial charge in [-0.25, -0.2) is 13.6 Å². The van der Waals surface area contributed by atoms with Gasteiger partial charge < -0.3 is 38.8 Å². The van der Waals surface area contributed by atoms with Crippen LogP contribution in [0.3, 0.4) is 0 Å². The van der Waals surface area contributed by atoms with Crippen molar-refractivity contribution in [2.24, 2.45) is 17.3 Å². The van der Waals surface area contributed by atoms with Crippen LogP contribution in [0.1, 0.15) is 86.1 Å². The molecule has 6 heterocycles. The van der Waals surface area contributed by atoms with Crippen molar-refractivity contribution >= 4 is 40.3 Å². The van der Waals surface area contributed by atoms with E-state index >= 15 is 13.6 Å². The van der Waals surface area contributed by atoms with Gasteiger partial charge in [0.2, 0.25) is 11.5 Å². The second-order valence-electron chi connectivity index (χ2n) is 19.1. The van der Waals surface area contributed by atoms with Gasteiger partial charge in [0.05, 0.1) is 27.4 Å². The first-order valence-electron chi connectivity index (χ1n) is 22.1. The Morgan fingerprint density at radius 1 is 0.984 bits per heavy atom. The van der Waals surface area contributed by atoms with Gasteiger partial charge in [-0.3, -0.25) is 19.3 Å². The third-order valence-electron chi connectivity index (χ3n) is 16.1. The summed E-state index contributed by atoms with van der Waals surface area (Å²) >= 11 is 0. The van der Waals surface area contributed by atoms with E-state index in [1.165, 1.54) is 35.2 Å². The molecule has 15 heteroatoms. The van der Waals surface area contributed by atoms with E-state index in [4.69, 9.17) is 18.9 Å². The molecular formula is C48H58F2N4O9. The molecule has 1 unspecified atom stereocenters. The Hall–Kier alpha value is -4.86. The average Bonchev–Trinajstić information content (AvgIpc) is 3.92. The molecule has 1 aromatic heterocycles. The number of aliphatic hydroxyl groups is 1. The molecule has 63 heavy (non-hydrogen) atoms. The number of Topliss-reactive ketones (excluding diaryl/α,β-unsaturated/α-hetero) is 1. The van der Waals surface area contributed by atoms with Crippen molar-refractivity contribution in [1.29, 1.82) is 0 Å². The number of nitrogens with one attached hydrogen (secondary N) is 1. The minimum Gasteiger partial charge on any atom is -0.496 e. The van der Waals surface area contributed by atoms with E-state index in [9.17, 15) is 19.5 Å². The predicted molar refractivity (Wildman–Crippen MR) is 229 cm³/mol. The molecule has 1 aliphatic carbocycles. The Morgan fingerprint density at radius 3 is 2.38 bits per heavy atom. The number of nitrogens with zero attached hydrogens (tertiary/aromatic N) is 3. The van der Waals surface area contributed by atoms with E-state index in [2.05, 4.69) is 14.8 Å². The highest BCUT2D eigenvalue weighted by Crippen LogP contribution is 2.68. The maximum Gasteiger partial charge on any atom is 0.344 e. The van der Waals surface area contributed by atoms with Crippen LogP contribution in [0.4, 0.5) is 14.5 Å². The van der Waals surface area contributed by atoms with Gasteiger partial charge in [-0.05, 0) is 93.8 Å². The lowest BCUT2D eigenvalue weighted by molar-refractivity contribution is -0.228. The molecule has 9 rings (SSSR count). The van der Waals surface area contributed by atoms with E-state index in [1.807, 2.05) is 48.2 Å². The molecule has 0 amide bonds. The van der Waals surface area contributed by atoms with Gasteiger partial charge in [0.1, 0.15) is 11.2 Å². The average molecular weight is 873 g/mol. The number of hydrogen-bond acceptors (Lipinski definition) is 12. The van der Waals surface area contributed by atoms with E-state index in [0.717, 1.165) is 23.4 Å². The fourth-order valence-corrected chi connectivity index (χ4v) is 13.7. The summed E-state index contributed by atoms with van der Waals surface area (Å²) in [5.41, 5.74) is -1.75. The Kier molecular flexibility index (Phi) is 10.2. The molecule has 10 atom stereocenters. The largest absolute Gasteiger partial charge is 0.496 e. The lowest BCUT2D eigenvalue weighted by Crippen LogP contribution is -2.81. The number of aromatic nitrogens is 1. The summed E-state index contributed by atoms with van der Waals surface area (Å²) in [6.45, 7) is 7.99. The quantitative estimate of drug-likeness (QED) is 0.131. The first-order valence-corrected chi connectivity index (χ1v) is 22.1. The zero-order valence-corrected chi connectivity index (χ0v) is 37.3. The van der Waals surface area contributed by atoms with Gasteiger partial charge in [0, 0.05) is 102 Å². The predicted octanol–water partition coefficient (Wildman–Crippen LogP) is 5.32. The number of carbonyl (C=O) groups excluding carboxylic acids is 4. The highest BCUT2D eigenvalue weighted by Gasteiger charge is 2.80. The van der Waals surface area contributed by atoms with Gasteiger partial charge in [-0.2, -0.15) is 0 Å².